The minimum Gasteiger partial charge on any atom is -0.631 e. The number of quaternary nitrogens is 1. The third kappa shape index (κ3) is 8.57. The predicted octanol–water partition coefficient (Wildman–Crippen LogP) is -1.84. The van der Waals surface area contributed by atoms with Crippen molar-refractivity contribution in [3.63, 3.8) is 0 Å². The molecule has 2 N–H and O–H groups in total. The van der Waals surface area contributed by atoms with Crippen LogP contribution in [0, 0.1) is 0 Å². The Bertz CT molecular complexity index is 450. The van der Waals surface area contributed by atoms with Gasteiger partial charge in [0, 0.05) is 25.0 Å². The van der Waals surface area contributed by atoms with E-state index in [1.54, 1.807) is 0 Å². The zero-order valence-electron chi connectivity index (χ0n) is 12.5. The number of carboxylic acid groups (broad SMARTS) is 2. The molecule has 0 spiro atoms. The lowest BCUT2D eigenvalue weighted by Gasteiger charge is -2.22. The molecule has 0 aromatic rings. The number of rotatable bonds is 9. The Morgan fingerprint density at radius 3 is 2.19 bits per heavy atom. The summed E-state index contributed by atoms with van der Waals surface area (Å²) >= 11 is 0. The van der Waals surface area contributed by atoms with Crippen LogP contribution in [0.15, 0.2) is 11.1 Å². The highest BCUT2D eigenvalue weighted by molar-refractivity contribution is 7.50. The SMILES string of the molecule is C[N+](C)(C)CC[P+]([O-])=CC/C(C(=O)[O-])=C(/CCO)C(=O)O. The Labute approximate surface area is 125 Å². The minimum atomic E-state index is -1.73. The molecule has 0 heterocycles. The molecule has 0 rings (SSSR count). The first-order chi connectivity index (χ1) is 9.58. The van der Waals surface area contributed by atoms with E-state index in [4.69, 9.17) is 10.2 Å². The molecule has 0 aliphatic rings. The third-order valence-corrected chi connectivity index (χ3v) is 3.95. The van der Waals surface area contributed by atoms with Crippen LogP contribution in [0.5, 0.6) is 0 Å². The van der Waals surface area contributed by atoms with E-state index in [0.29, 0.717) is 17.2 Å². The maximum atomic E-state index is 11.8. The van der Waals surface area contributed by atoms with Gasteiger partial charge in [0.2, 0.25) is 0 Å². The van der Waals surface area contributed by atoms with Crippen molar-refractivity contribution in [2.75, 3.05) is 40.5 Å². The maximum absolute atomic E-state index is 11.8. The van der Waals surface area contributed by atoms with Crippen molar-refractivity contribution in [3.8, 4) is 0 Å². The highest BCUT2D eigenvalue weighted by atomic mass is 31.1. The predicted molar refractivity (Wildman–Crippen MR) is 76.7 cm³/mol. The van der Waals surface area contributed by atoms with Gasteiger partial charge in [0.15, 0.2) is 6.16 Å². The van der Waals surface area contributed by atoms with Gasteiger partial charge in [-0.1, -0.05) is 0 Å². The van der Waals surface area contributed by atoms with Crippen molar-refractivity contribution >= 4 is 25.5 Å². The molecule has 0 amide bonds. The van der Waals surface area contributed by atoms with Gasteiger partial charge >= 0.3 is 5.97 Å². The molecule has 0 aliphatic carbocycles. The maximum Gasteiger partial charge on any atom is 0.332 e. The molecule has 120 valence electrons. The number of hydrogen-bond donors (Lipinski definition) is 2. The van der Waals surface area contributed by atoms with Crippen LogP contribution in [0.25, 0.3) is 0 Å². The first-order valence-corrected chi connectivity index (χ1v) is 7.95. The molecule has 0 aromatic heterocycles. The van der Waals surface area contributed by atoms with E-state index in [0.717, 1.165) is 0 Å². The molecule has 1 unspecified atom stereocenters. The molecular formula is C13H22NO6P. The Morgan fingerprint density at radius 2 is 1.81 bits per heavy atom. The molecule has 21 heavy (non-hydrogen) atoms. The van der Waals surface area contributed by atoms with E-state index < -0.39 is 37.5 Å². The number of carbonyl (C=O) groups excluding carboxylic acids is 1. The van der Waals surface area contributed by atoms with E-state index in [1.807, 2.05) is 21.1 Å². The molecule has 0 radical (unpaired) electrons. The molecule has 0 saturated carbocycles. The fourth-order valence-electron chi connectivity index (χ4n) is 1.51. The Balaban J connectivity index is 5.06. The van der Waals surface area contributed by atoms with E-state index in [9.17, 15) is 19.6 Å². The molecule has 8 heteroatoms. The number of hydrogen-bond acceptors (Lipinski definition) is 5. The van der Waals surface area contributed by atoms with Crippen LogP contribution in [-0.4, -0.2) is 72.9 Å². The summed E-state index contributed by atoms with van der Waals surface area (Å²) in [5.74, 6) is -1.73. The van der Waals surface area contributed by atoms with Gasteiger partial charge in [-0.15, -0.1) is 0 Å². The van der Waals surface area contributed by atoms with E-state index in [1.165, 1.54) is 5.80 Å². The van der Waals surface area contributed by atoms with Crippen molar-refractivity contribution in [3.05, 3.63) is 11.1 Å². The molecule has 0 aromatic carbocycles. The van der Waals surface area contributed by atoms with E-state index in [2.05, 4.69) is 0 Å². The van der Waals surface area contributed by atoms with Gasteiger partial charge < -0.3 is 29.5 Å². The Morgan fingerprint density at radius 1 is 1.24 bits per heavy atom. The van der Waals surface area contributed by atoms with Crippen LogP contribution in [0.1, 0.15) is 12.8 Å². The second-order valence-corrected chi connectivity index (χ2v) is 7.21. The van der Waals surface area contributed by atoms with Crippen molar-refractivity contribution < 1.29 is 34.3 Å². The van der Waals surface area contributed by atoms with Crippen molar-refractivity contribution in [2.24, 2.45) is 0 Å². The van der Waals surface area contributed by atoms with Gasteiger partial charge in [0.05, 0.1) is 40.7 Å². The van der Waals surface area contributed by atoms with Crippen LogP contribution in [-0.2, 0) is 9.59 Å². The lowest BCUT2D eigenvalue weighted by molar-refractivity contribution is -0.867. The molecule has 0 bridgehead atoms. The molecule has 1 atom stereocenters. The number of aliphatic hydroxyl groups is 1. The van der Waals surface area contributed by atoms with Gasteiger partial charge in [-0.05, 0) is 5.57 Å². The van der Waals surface area contributed by atoms with Crippen LogP contribution >= 0.6 is 7.77 Å². The Hall–Kier alpha value is -1.27. The highest BCUT2D eigenvalue weighted by Gasteiger charge is 2.16. The van der Waals surface area contributed by atoms with Crippen molar-refractivity contribution in [2.45, 2.75) is 12.8 Å². The summed E-state index contributed by atoms with van der Waals surface area (Å²) < 4.78 is 0.628. The molecule has 0 aliphatic heterocycles. The van der Waals surface area contributed by atoms with Gasteiger partial charge in [0.25, 0.3) is 0 Å². The second kappa shape index (κ2) is 8.89. The fraction of sp³-hybridized carbons (Fsp3) is 0.615. The van der Waals surface area contributed by atoms with Crippen LogP contribution in [0.2, 0.25) is 0 Å². The van der Waals surface area contributed by atoms with Crippen LogP contribution in [0.4, 0.5) is 0 Å². The first kappa shape index (κ1) is 19.7. The lowest BCUT2D eigenvalue weighted by Crippen LogP contribution is -2.36. The molecular weight excluding hydrogens is 297 g/mol. The number of nitrogens with zero attached hydrogens (tertiary/aromatic N) is 1. The second-order valence-electron chi connectivity index (χ2n) is 5.56. The minimum absolute atomic E-state index is 0.254. The van der Waals surface area contributed by atoms with Gasteiger partial charge in [-0.25, -0.2) is 4.79 Å². The fourth-order valence-corrected chi connectivity index (χ4v) is 2.88. The first-order valence-electron chi connectivity index (χ1n) is 6.43. The molecule has 0 saturated heterocycles. The average molecular weight is 319 g/mol. The van der Waals surface area contributed by atoms with Gasteiger partial charge in [0.1, 0.15) is 6.54 Å². The topological polar surface area (TPSA) is 121 Å². The average Bonchev–Trinajstić information content (AvgIpc) is 2.33. The molecule has 0 fully saturated rings. The normalized spacial score (nSPS) is 13.9. The van der Waals surface area contributed by atoms with Crippen molar-refractivity contribution in [1.29, 1.82) is 0 Å². The summed E-state index contributed by atoms with van der Waals surface area (Å²) in [5, 5.41) is 28.8. The number of carbonyl (C=O) groups is 2. The summed E-state index contributed by atoms with van der Waals surface area (Å²) in [6, 6.07) is 0. The van der Waals surface area contributed by atoms with Crippen molar-refractivity contribution in [1.82, 2.24) is 0 Å². The van der Waals surface area contributed by atoms with Gasteiger partial charge in [-0.3, -0.25) is 0 Å². The summed E-state index contributed by atoms with van der Waals surface area (Å²) in [6.07, 6.45) is -0.153. The lowest BCUT2D eigenvalue weighted by atomic mass is 10.0. The number of aliphatic hydroxyl groups excluding tert-OH is 1. The summed E-state index contributed by atoms with van der Waals surface area (Å²) in [6.45, 7) is 0.171. The highest BCUT2D eigenvalue weighted by Crippen LogP contribution is 2.17. The third-order valence-electron chi connectivity index (χ3n) is 2.72. The number of carboxylic acids is 2. The van der Waals surface area contributed by atoms with Crippen LogP contribution in [0.3, 0.4) is 0 Å². The van der Waals surface area contributed by atoms with E-state index >= 15 is 0 Å². The zero-order chi connectivity index (χ0) is 16.6. The zero-order valence-corrected chi connectivity index (χ0v) is 13.4. The van der Waals surface area contributed by atoms with E-state index in [-0.39, 0.29) is 12.8 Å². The smallest absolute Gasteiger partial charge is 0.332 e. The number of aliphatic carboxylic acids is 2. The standard InChI is InChI=1S/C13H22NO6P/c1-14(2,3)6-9-21(20)8-5-11(13(18)19)10(4-7-15)12(16)17/h8,15H,4-7,9H2,1-3H3,(H-,16,17,18,19)/b11-10+. The Kier molecular flexibility index (Phi) is 8.36. The summed E-state index contributed by atoms with van der Waals surface area (Å²) in [7, 11) is 4.10. The van der Waals surface area contributed by atoms with Crippen LogP contribution < -0.4 is 10.00 Å². The monoisotopic (exact) mass is 319 g/mol. The largest absolute Gasteiger partial charge is 0.631 e. The molecule has 7 nitrogen and oxygen atoms in total. The summed E-state index contributed by atoms with van der Waals surface area (Å²) in [5.41, 5.74) is -0.853. The summed E-state index contributed by atoms with van der Waals surface area (Å²) in [4.78, 5) is 33.8. The quantitative estimate of drug-likeness (QED) is 0.292. The van der Waals surface area contributed by atoms with Gasteiger partial charge in [-0.2, -0.15) is 0 Å².